The third-order valence-corrected chi connectivity index (χ3v) is 1.94. The number of carbonyl (C=O) groups excluding carboxylic acids is 1. The van der Waals surface area contributed by atoms with Gasteiger partial charge in [0.2, 0.25) is 6.41 Å². The fraction of sp³-hybridized carbons (Fsp3) is 0.417. The van der Waals surface area contributed by atoms with Crippen LogP contribution in [-0.2, 0) is 11.0 Å². The molecule has 0 aliphatic carbocycles. The Labute approximate surface area is 103 Å². The summed E-state index contributed by atoms with van der Waals surface area (Å²) in [5.41, 5.74) is -1.41. The van der Waals surface area contributed by atoms with Gasteiger partial charge in [0, 0.05) is 0 Å². The van der Waals surface area contributed by atoms with E-state index < -0.39 is 17.3 Å². The molecule has 0 aromatic heterocycles. The van der Waals surface area contributed by atoms with Gasteiger partial charge < -0.3 is 10.1 Å². The molecule has 100 valence electrons. The Balaban J connectivity index is 3.16. The average Bonchev–Trinajstić information content (AvgIpc) is 2.17. The molecule has 0 saturated heterocycles. The minimum Gasteiger partial charge on any atom is -0.486 e. The number of amides is 1. The Morgan fingerprint density at radius 3 is 2.28 bits per heavy atom. The Hall–Kier alpha value is -1.72. The Morgan fingerprint density at radius 1 is 1.22 bits per heavy atom. The molecule has 0 radical (unpaired) electrons. The highest BCUT2D eigenvalue weighted by Crippen LogP contribution is 2.35. The zero-order valence-corrected chi connectivity index (χ0v) is 10.3. The lowest BCUT2D eigenvalue weighted by Crippen LogP contribution is -2.23. The number of carbonyl (C=O) groups is 1. The molecule has 3 nitrogen and oxygen atoms in total. The van der Waals surface area contributed by atoms with Crippen molar-refractivity contribution in [1.82, 2.24) is 0 Å². The second kappa shape index (κ2) is 4.88. The summed E-state index contributed by atoms with van der Waals surface area (Å²) in [4.78, 5) is 10.4. The predicted molar refractivity (Wildman–Crippen MR) is 61.5 cm³/mol. The molecule has 0 saturated carbocycles. The van der Waals surface area contributed by atoms with E-state index in [0.717, 1.165) is 12.1 Å². The summed E-state index contributed by atoms with van der Waals surface area (Å²) in [6.45, 7) is 5.28. The zero-order chi connectivity index (χ0) is 14.0. The number of benzene rings is 1. The van der Waals surface area contributed by atoms with Gasteiger partial charge >= 0.3 is 6.18 Å². The Morgan fingerprint density at radius 2 is 1.83 bits per heavy atom. The number of hydrogen-bond acceptors (Lipinski definition) is 2. The first-order valence-electron chi connectivity index (χ1n) is 5.24. The van der Waals surface area contributed by atoms with E-state index in [4.69, 9.17) is 4.74 Å². The van der Waals surface area contributed by atoms with Crippen molar-refractivity contribution >= 4 is 12.1 Å². The van der Waals surface area contributed by atoms with Gasteiger partial charge in [0.1, 0.15) is 11.4 Å². The molecule has 0 fully saturated rings. The van der Waals surface area contributed by atoms with Crippen LogP contribution in [0.25, 0.3) is 0 Å². The molecule has 0 aliphatic rings. The molecule has 0 unspecified atom stereocenters. The Bertz CT molecular complexity index is 436. The highest BCUT2D eigenvalue weighted by molar-refractivity contribution is 5.76. The van der Waals surface area contributed by atoms with Gasteiger partial charge in [0.05, 0.1) is 11.3 Å². The van der Waals surface area contributed by atoms with Crippen LogP contribution in [0.4, 0.5) is 18.9 Å². The third-order valence-electron chi connectivity index (χ3n) is 1.94. The third kappa shape index (κ3) is 3.94. The Kier molecular flexibility index (Phi) is 3.88. The van der Waals surface area contributed by atoms with Crippen LogP contribution in [0.1, 0.15) is 26.3 Å². The predicted octanol–water partition coefficient (Wildman–Crippen LogP) is 3.45. The van der Waals surface area contributed by atoms with E-state index in [2.05, 4.69) is 5.32 Å². The van der Waals surface area contributed by atoms with Gasteiger partial charge in [-0.15, -0.1) is 0 Å². The summed E-state index contributed by atoms with van der Waals surface area (Å²) >= 11 is 0. The molecule has 1 N–H and O–H groups in total. The van der Waals surface area contributed by atoms with Crippen molar-refractivity contribution in [2.75, 3.05) is 5.32 Å². The van der Waals surface area contributed by atoms with Gasteiger partial charge in [-0.1, -0.05) is 0 Å². The van der Waals surface area contributed by atoms with Gasteiger partial charge in [-0.3, -0.25) is 4.79 Å². The van der Waals surface area contributed by atoms with Crippen LogP contribution in [0.15, 0.2) is 18.2 Å². The molecule has 0 aliphatic heterocycles. The van der Waals surface area contributed by atoms with Crippen molar-refractivity contribution in [2.45, 2.75) is 32.5 Å². The van der Waals surface area contributed by atoms with E-state index in [1.807, 2.05) is 0 Å². The van der Waals surface area contributed by atoms with Crippen molar-refractivity contribution < 1.29 is 22.7 Å². The average molecular weight is 261 g/mol. The minimum atomic E-state index is -4.46. The normalized spacial score (nSPS) is 12.1. The van der Waals surface area contributed by atoms with Gasteiger partial charge in [-0.2, -0.15) is 13.2 Å². The summed E-state index contributed by atoms with van der Waals surface area (Å²) in [5, 5.41) is 2.21. The first-order valence-corrected chi connectivity index (χ1v) is 5.24. The molecule has 0 atom stereocenters. The number of hydrogen-bond donors (Lipinski definition) is 1. The molecule has 6 heteroatoms. The van der Waals surface area contributed by atoms with Crippen molar-refractivity contribution in [3.63, 3.8) is 0 Å². The number of rotatable bonds is 3. The molecule has 1 rings (SSSR count). The van der Waals surface area contributed by atoms with E-state index in [9.17, 15) is 18.0 Å². The molecule has 1 amide bonds. The summed E-state index contributed by atoms with van der Waals surface area (Å²) < 4.78 is 43.0. The highest BCUT2D eigenvalue weighted by Gasteiger charge is 2.31. The molecular weight excluding hydrogens is 247 g/mol. The van der Waals surface area contributed by atoms with Crippen LogP contribution in [0.2, 0.25) is 0 Å². The fourth-order valence-electron chi connectivity index (χ4n) is 1.30. The van der Waals surface area contributed by atoms with Gasteiger partial charge in [0.15, 0.2) is 0 Å². The SMILES string of the molecule is CC(C)(C)Oc1ccc(C(F)(F)F)cc1NC=O. The van der Waals surface area contributed by atoms with Crippen molar-refractivity contribution in [3.8, 4) is 5.75 Å². The van der Waals surface area contributed by atoms with Crippen LogP contribution in [0.3, 0.4) is 0 Å². The van der Waals surface area contributed by atoms with Gasteiger partial charge in [-0.25, -0.2) is 0 Å². The molecule has 0 spiro atoms. The first-order chi connectivity index (χ1) is 8.13. The largest absolute Gasteiger partial charge is 0.486 e. The summed E-state index contributed by atoms with van der Waals surface area (Å²) in [5.74, 6) is 0.197. The van der Waals surface area contributed by atoms with Gasteiger partial charge in [-0.05, 0) is 39.0 Å². The minimum absolute atomic E-state index is 0.00486. The van der Waals surface area contributed by atoms with Crippen LogP contribution in [0.5, 0.6) is 5.75 Å². The summed E-state index contributed by atoms with van der Waals surface area (Å²) in [6.07, 6.45) is -4.15. The number of alkyl halides is 3. The lowest BCUT2D eigenvalue weighted by molar-refractivity contribution is -0.137. The topological polar surface area (TPSA) is 38.3 Å². The molecular formula is C12H14F3NO2. The number of anilines is 1. The number of nitrogens with one attached hydrogen (secondary N) is 1. The second-order valence-corrected chi connectivity index (χ2v) is 4.69. The number of halogens is 3. The number of ether oxygens (including phenoxy) is 1. The van der Waals surface area contributed by atoms with Crippen molar-refractivity contribution in [2.24, 2.45) is 0 Å². The van der Waals surface area contributed by atoms with E-state index in [1.165, 1.54) is 6.07 Å². The second-order valence-electron chi connectivity index (χ2n) is 4.69. The monoisotopic (exact) mass is 261 g/mol. The van der Waals surface area contributed by atoms with Crippen LogP contribution >= 0.6 is 0 Å². The molecule has 1 aromatic carbocycles. The van der Waals surface area contributed by atoms with E-state index in [1.54, 1.807) is 20.8 Å². The lowest BCUT2D eigenvalue weighted by Gasteiger charge is -2.23. The van der Waals surface area contributed by atoms with Crippen LogP contribution < -0.4 is 10.1 Å². The quantitative estimate of drug-likeness (QED) is 0.846. The van der Waals surface area contributed by atoms with E-state index in [0.29, 0.717) is 6.41 Å². The molecule has 18 heavy (non-hydrogen) atoms. The van der Waals surface area contributed by atoms with Gasteiger partial charge in [0.25, 0.3) is 0 Å². The molecule has 0 heterocycles. The van der Waals surface area contributed by atoms with E-state index >= 15 is 0 Å². The highest BCUT2D eigenvalue weighted by atomic mass is 19.4. The van der Waals surface area contributed by atoms with Crippen molar-refractivity contribution in [1.29, 1.82) is 0 Å². The summed E-state index contributed by atoms with van der Waals surface area (Å²) in [6, 6.07) is 2.95. The smallest absolute Gasteiger partial charge is 0.416 e. The van der Waals surface area contributed by atoms with Crippen LogP contribution in [-0.4, -0.2) is 12.0 Å². The first kappa shape index (κ1) is 14.3. The molecule has 0 bridgehead atoms. The van der Waals surface area contributed by atoms with Crippen LogP contribution in [0, 0.1) is 0 Å². The zero-order valence-electron chi connectivity index (χ0n) is 10.3. The molecule has 1 aromatic rings. The summed E-state index contributed by atoms with van der Waals surface area (Å²) in [7, 11) is 0. The fourth-order valence-corrected chi connectivity index (χ4v) is 1.30. The lowest BCUT2D eigenvalue weighted by atomic mass is 10.1. The standard InChI is InChI=1S/C12H14F3NO2/c1-11(2,3)18-10-5-4-8(12(13,14)15)6-9(10)16-7-17/h4-7H,1-3H3,(H,16,17). The maximum Gasteiger partial charge on any atom is 0.416 e. The van der Waals surface area contributed by atoms with E-state index in [-0.39, 0.29) is 11.4 Å². The maximum absolute atomic E-state index is 12.5. The van der Waals surface area contributed by atoms with Crippen molar-refractivity contribution in [3.05, 3.63) is 23.8 Å². The maximum atomic E-state index is 12.5.